The quantitative estimate of drug-likeness (QED) is 0.370. The van der Waals surface area contributed by atoms with Crippen LogP contribution in [-0.4, -0.2) is 46.5 Å². The van der Waals surface area contributed by atoms with Crippen LogP contribution >= 0.6 is 0 Å². The Bertz CT molecular complexity index is 1170. The van der Waals surface area contributed by atoms with Gasteiger partial charge in [-0.3, -0.25) is 9.59 Å². The van der Waals surface area contributed by atoms with Crippen LogP contribution in [0.3, 0.4) is 0 Å². The highest BCUT2D eigenvalue weighted by Crippen LogP contribution is 2.38. The number of anilines is 1. The molecule has 0 aliphatic carbocycles. The summed E-state index contributed by atoms with van der Waals surface area (Å²) >= 11 is 0. The number of methoxy groups -OCH3 is 4. The van der Waals surface area contributed by atoms with E-state index in [4.69, 9.17) is 18.9 Å². The Hall–Kier alpha value is -4.53. The van der Waals surface area contributed by atoms with Crippen molar-refractivity contribution in [2.45, 2.75) is 0 Å². The third kappa shape index (κ3) is 5.83. The lowest BCUT2D eigenvalue weighted by Gasteiger charge is -2.14. The van der Waals surface area contributed by atoms with Crippen molar-refractivity contribution >= 4 is 23.7 Å². The number of hydrogen-bond donors (Lipinski definition) is 2. The molecule has 34 heavy (non-hydrogen) atoms. The van der Waals surface area contributed by atoms with Gasteiger partial charge in [-0.25, -0.2) is 5.43 Å². The molecular weight excluding hydrogens is 438 g/mol. The first kappa shape index (κ1) is 24.1. The Kier molecular flexibility index (Phi) is 8.07. The minimum Gasteiger partial charge on any atom is -0.497 e. The first-order chi connectivity index (χ1) is 16.5. The van der Waals surface area contributed by atoms with Crippen molar-refractivity contribution in [3.8, 4) is 23.0 Å². The van der Waals surface area contributed by atoms with Crippen molar-refractivity contribution < 1.29 is 28.5 Å². The summed E-state index contributed by atoms with van der Waals surface area (Å²) in [6.45, 7) is 0. The molecule has 0 heterocycles. The van der Waals surface area contributed by atoms with E-state index >= 15 is 0 Å². The van der Waals surface area contributed by atoms with Gasteiger partial charge in [0.15, 0.2) is 11.5 Å². The van der Waals surface area contributed by atoms with Gasteiger partial charge in [-0.1, -0.05) is 12.1 Å². The summed E-state index contributed by atoms with van der Waals surface area (Å²) in [5, 5.41) is 6.74. The number of carbonyl (C=O) groups excluding carboxylic acids is 2. The molecule has 0 fully saturated rings. The molecule has 0 atom stereocenters. The SMILES string of the molecule is COc1cccc(/C=N\NC(=O)c2ccc(NC(=O)c3cc(OC)c(OC)c(OC)c3)cc2)c1. The third-order valence-corrected chi connectivity index (χ3v) is 4.81. The molecule has 2 amide bonds. The molecule has 0 aliphatic heterocycles. The molecule has 0 saturated carbocycles. The van der Waals surface area contributed by atoms with Crippen LogP contribution in [0.2, 0.25) is 0 Å². The minimum atomic E-state index is -0.387. The molecule has 0 aromatic heterocycles. The predicted molar refractivity (Wildman–Crippen MR) is 129 cm³/mol. The lowest BCUT2D eigenvalue weighted by Crippen LogP contribution is -2.18. The highest BCUT2D eigenvalue weighted by Gasteiger charge is 2.17. The van der Waals surface area contributed by atoms with Crippen LogP contribution in [0.1, 0.15) is 26.3 Å². The molecule has 2 N–H and O–H groups in total. The molecule has 0 radical (unpaired) electrons. The zero-order valence-corrected chi connectivity index (χ0v) is 19.2. The van der Waals surface area contributed by atoms with Gasteiger partial charge in [-0.15, -0.1) is 0 Å². The number of rotatable bonds is 9. The molecule has 0 spiro atoms. The zero-order chi connectivity index (χ0) is 24.5. The fourth-order valence-corrected chi connectivity index (χ4v) is 3.07. The van der Waals surface area contributed by atoms with Crippen LogP contribution in [0, 0.1) is 0 Å². The number of nitrogens with zero attached hydrogens (tertiary/aromatic N) is 1. The first-order valence-corrected chi connectivity index (χ1v) is 10.2. The van der Waals surface area contributed by atoms with E-state index in [0.29, 0.717) is 39.8 Å². The molecule has 0 unspecified atom stereocenters. The zero-order valence-electron chi connectivity index (χ0n) is 19.2. The van der Waals surface area contributed by atoms with E-state index in [1.807, 2.05) is 18.2 Å². The van der Waals surface area contributed by atoms with Gasteiger partial charge in [-0.05, 0) is 54.1 Å². The molecule has 9 nitrogen and oxygen atoms in total. The summed E-state index contributed by atoms with van der Waals surface area (Å²) < 4.78 is 21.0. The van der Waals surface area contributed by atoms with Gasteiger partial charge in [0.2, 0.25) is 5.75 Å². The summed E-state index contributed by atoms with van der Waals surface area (Å²) in [5.41, 5.74) is 4.47. The van der Waals surface area contributed by atoms with Crippen molar-refractivity contribution in [2.24, 2.45) is 5.10 Å². The van der Waals surface area contributed by atoms with Crippen LogP contribution < -0.4 is 29.7 Å². The van der Waals surface area contributed by atoms with Crippen LogP contribution in [0.5, 0.6) is 23.0 Å². The van der Waals surface area contributed by atoms with E-state index in [9.17, 15) is 9.59 Å². The summed E-state index contributed by atoms with van der Waals surface area (Å²) in [7, 11) is 6.02. The highest BCUT2D eigenvalue weighted by molar-refractivity contribution is 6.05. The maximum Gasteiger partial charge on any atom is 0.271 e. The number of ether oxygens (including phenoxy) is 4. The van der Waals surface area contributed by atoms with E-state index in [2.05, 4.69) is 15.8 Å². The topological polar surface area (TPSA) is 107 Å². The van der Waals surface area contributed by atoms with Crippen molar-refractivity contribution in [3.05, 3.63) is 77.4 Å². The van der Waals surface area contributed by atoms with Crippen LogP contribution in [0.4, 0.5) is 5.69 Å². The van der Waals surface area contributed by atoms with Crippen molar-refractivity contribution in [1.82, 2.24) is 5.43 Å². The maximum absolute atomic E-state index is 12.7. The Labute approximate surface area is 197 Å². The van der Waals surface area contributed by atoms with Crippen LogP contribution in [-0.2, 0) is 0 Å². The second-order valence-electron chi connectivity index (χ2n) is 6.92. The second kappa shape index (κ2) is 11.4. The Morgan fingerprint density at radius 3 is 2.03 bits per heavy atom. The van der Waals surface area contributed by atoms with Crippen molar-refractivity contribution in [2.75, 3.05) is 33.8 Å². The average molecular weight is 463 g/mol. The largest absolute Gasteiger partial charge is 0.497 e. The van der Waals surface area contributed by atoms with Crippen LogP contribution in [0.25, 0.3) is 0 Å². The Morgan fingerprint density at radius 1 is 0.765 bits per heavy atom. The number of nitrogens with one attached hydrogen (secondary N) is 2. The van der Waals surface area contributed by atoms with Gasteiger partial charge in [0, 0.05) is 16.8 Å². The molecule has 9 heteroatoms. The average Bonchev–Trinajstić information content (AvgIpc) is 2.88. The summed E-state index contributed by atoms with van der Waals surface area (Å²) in [6, 6.07) is 16.8. The summed E-state index contributed by atoms with van der Waals surface area (Å²) in [6.07, 6.45) is 1.52. The number of benzene rings is 3. The highest BCUT2D eigenvalue weighted by atomic mass is 16.5. The van der Waals surface area contributed by atoms with Gasteiger partial charge >= 0.3 is 0 Å². The van der Waals surface area contributed by atoms with E-state index in [1.54, 1.807) is 49.6 Å². The van der Waals surface area contributed by atoms with Gasteiger partial charge in [0.1, 0.15) is 5.75 Å². The summed E-state index contributed by atoms with van der Waals surface area (Å²) in [5.74, 6) is 1.06. The van der Waals surface area contributed by atoms with E-state index in [-0.39, 0.29) is 11.8 Å². The molecule has 3 aromatic carbocycles. The van der Waals surface area contributed by atoms with E-state index in [0.717, 1.165) is 5.56 Å². The van der Waals surface area contributed by atoms with Gasteiger partial charge < -0.3 is 24.3 Å². The minimum absolute atomic E-state index is 0.322. The van der Waals surface area contributed by atoms with Gasteiger partial charge in [-0.2, -0.15) is 5.10 Å². The molecule has 3 rings (SSSR count). The summed E-state index contributed by atoms with van der Waals surface area (Å²) in [4.78, 5) is 25.1. The predicted octanol–water partition coefficient (Wildman–Crippen LogP) is 3.74. The molecule has 176 valence electrons. The molecule has 0 aliphatic rings. The van der Waals surface area contributed by atoms with E-state index < -0.39 is 0 Å². The lowest BCUT2D eigenvalue weighted by molar-refractivity contribution is 0.0954. The fourth-order valence-electron chi connectivity index (χ4n) is 3.07. The number of hydrogen-bond acceptors (Lipinski definition) is 7. The first-order valence-electron chi connectivity index (χ1n) is 10.2. The fraction of sp³-hybridized carbons (Fsp3) is 0.160. The number of hydrazone groups is 1. The van der Waals surface area contributed by atoms with Crippen molar-refractivity contribution in [1.29, 1.82) is 0 Å². The van der Waals surface area contributed by atoms with Crippen molar-refractivity contribution in [3.63, 3.8) is 0 Å². The molecule has 0 saturated heterocycles. The van der Waals surface area contributed by atoms with Gasteiger partial charge in [0.05, 0.1) is 34.7 Å². The Balaban J connectivity index is 1.64. The molecular formula is C25H25N3O6. The lowest BCUT2D eigenvalue weighted by atomic mass is 10.1. The standard InChI is InChI=1S/C25H25N3O6/c1-31-20-7-5-6-16(12-20)15-26-28-25(30)17-8-10-19(11-9-17)27-24(29)18-13-21(32-2)23(34-4)22(14-18)33-3/h5-15H,1-4H3,(H,27,29)(H,28,30)/b26-15-. The normalized spacial score (nSPS) is 10.5. The van der Waals surface area contributed by atoms with Crippen LogP contribution in [0.15, 0.2) is 65.8 Å². The van der Waals surface area contributed by atoms with E-state index in [1.165, 1.54) is 27.5 Å². The monoisotopic (exact) mass is 463 g/mol. The smallest absolute Gasteiger partial charge is 0.271 e. The second-order valence-corrected chi connectivity index (χ2v) is 6.92. The molecule has 0 bridgehead atoms. The number of carbonyl (C=O) groups is 2. The molecule has 3 aromatic rings. The van der Waals surface area contributed by atoms with Gasteiger partial charge in [0.25, 0.3) is 11.8 Å². The maximum atomic E-state index is 12.7. The Morgan fingerprint density at radius 2 is 1.44 bits per heavy atom. The third-order valence-electron chi connectivity index (χ3n) is 4.81. The number of amides is 2.